The molecular weight excluding hydrogens is 392 g/mol. The third kappa shape index (κ3) is 5.57. The molecule has 0 atom stereocenters. The van der Waals surface area contributed by atoms with E-state index in [0.717, 1.165) is 29.8 Å². The molecule has 2 heterocycles. The Hall–Kier alpha value is -2.87. The number of rotatable bonds is 8. The monoisotopic (exact) mass is 416 g/mol. The number of hydrogen-bond donors (Lipinski definition) is 1. The van der Waals surface area contributed by atoms with Crippen molar-refractivity contribution in [2.75, 3.05) is 31.7 Å². The molecule has 154 valence electrons. The number of esters is 1. The van der Waals surface area contributed by atoms with Gasteiger partial charge in [-0.25, -0.2) is 0 Å². The summed E-state index contributed by atoms with van der Waals surface area (Å²) in [6.45, 7) is 0.689. The van der Waals surface area contributed by atoms with Gasteiger partial charge in [-0.05, 0) is 54.5 Å². The largest absolute Gasteiger partial charge is 0.497 e. The number of carbonyl (C=O) groups excluding carboxylic acids is 3. The Morgan fingerprint density at radius 3 is 2.86 bits per heavy atom. The normalized spacial score (nSPS) is 12.8. The maximum atomic E-state index is 12.5. The van der Waals surface area contributed by atoms with Crippen LogP contribution in [-0.2, 0) is 20.7 Å². The Labute approximate surface area is 173 Å². The van der Waals surface area contributed by atoms with Gasteiger partial charge in [0, 0.05) is 36.1 Å². The lowest BCUT2D eigenvalue weighted by molar-refractivity contribution is -0.147. The van der Waals surface area contributed by atoms with Gasteiger partial charge in [-0.2, -0.15) is 11.3 Å². The topological polar surface area (TPSA) is 84.9 Å². The van der Waals surface area contributed by atoms with Gasteiger partial charge in [-0.15, -0.1) is 0 Å². The fourth-order valence-corrected chi connectivity index (χ4v) is 3.82. The Morgan fingerprint density at radius 2 is 2.10 bits per heavy atom. The summed E-state index contributed by atoms with van der Waals surface area (Å²) >= 11 is 1.45. The van der Waals surface area contributed by atoms with Gasteiger partial charge >= 0.3 is 5.97 Å². The molecule has 1 aliphatic heterocycles. The highest BCUT2D eigenvalue weighted by Gasteiger charge is 2.23. The van der Waals surface area contributed by atoms with Crippen LogP contribution in [0.4, 0.5) is 5.69 Å². The molecule has 29 heavy (non-hydrogen) atoms. The van der Waals surface area contributed by atoms with Gasteiger partial charge in [-0.1, -0.05) is 0 Å². The number of aryl methyl sites for hydroxylation is 1. The minimum atomic E-state index is -0.449. The Balaban J connectivity index is 1.40. The molecule has 0 radical (unpaired) electrons. The summed E-state index contributed by atoms with van der Waals surface area (Å²) in [4.78, 5) is 37.9. The second kappa shape index (κ2) is 10.1. The lowest BCUT2D eigenvalue weighted by Gasteiger charge is -2.29. The lowest BCUT2D eigenvalue weighted by Crippen LogP contribution is -2.38. The SMILES string of the molecule is COc1ccc2c(c1)CCCN2C(=O)COC(=O)CCCNC(=O)c1ccsc1. The molecule has 2 aromatic rings. The van der Waals surface area contributed by atoms with Crippen molar-refractivity contribution in [1.82, 2.24) is 5.32 Å². The van der Waals surface area contributed by atoms with E-state index < -0.39 is 5.97 Å². The highest BCUT2D eigenvalue weighted by molar-refractivity contribution is 7.08. The molecule has 0 fully saturated rings. The molecule has 2 amide bonds. The van der Waals surface area contributed by atoms with Gasteiger partial charge in [0.25, 0.3) is 11.8 Å². The minimum Gasteiger partial charge on any atom is -0.497 e. The highest BCUT2D eigenvalue weighted by Crippen LogP contribution is 2.30. The van der Waals surface area contributed by atoms with Gasteiger partial charge in [-0.3, -0.25) is 14.4 Å². The number of benzene rings is 1. The standard InChI is InChI=1S/C21H24N2O5S/c1-27-17-6-7-18-15(12-17)4-3-10-23(18)19(24)13-28-20(25)5-2-9-22-21(26)16-8-11-29-14-16/h6-8,11-12,14H,2-5,9-10,13H2,1H3,(H,22,26). The van der Waals surface area contributed by atoms with Gasteiger partial charge < -0.3 is 19.7 Å². The molecule has 1 N–H and O–H groups in total. The second-order valence-corrected chi connectivity index (χ2v) is 7.46. The summed E-state index contributed by atoms with van der Waals surface area (Å²) in [5, 5.41) is 6.35. The number of fused-ring (bicyclic) bond motifs is 1. The molecule has 0 saturated carbocycles. The first-order chi connectivity index (χ1) is 14.1. The average Bonchev–Trinajstić information content (AvgIpc) is 3.29. The molecule has 3 rings (SSSR count). The van der Waals surface area contributed by atoms with Crippen LogP contribution in [0.3, 0.4) is 0 Å². The predicted octanol–water partition coefficient (Wildman–Crippen LogP) is 2.79. The van der Waals surface area contributed by atoms with E-state index in [2.05, 4.69) is 5.32 Å². The number of carbonyl (C=O) groups is 3. The van der Waals surface area contributed by atoms with E-state index in [0.29, 0.717) is 25.1 Å². The molecule has 7 nitrogen and oxygen atoms in total. The van der Waals surface area contributed by atoms with Crippen molar-refractivity contribution in [3.63, 3.8) is 0 Å². The summed E-state index contributed by atoms with van der Waals surface area (Å²) in [6.07, 6.45) is 2.33. The first-order valence-electron chi connectivity index (χ1n) is 9.52. The first-order valence-corrected chi connectivity index (χ1v) is 10.5. The quantitative estimate of drug-likeness (QED) is 0.528. The number of anilines is 1. The summed E-state index contributed by atoms with van der Waals surface area (Å²) in [7, 11) is 1.61. The third-order valence-corrected chi connectivity index (χ3v) is 5.37. The van der Waals surface area contributed by atoms with Crippen LogP contribution < -0.4 is 15.0 Å². The van der Waals surface area contributed by atoms with Gasteiger partial charge in [0.2, 0.25) is 0 Å². The fraction of sp³-hybridized carbons (Fsp3) is 0.381. The van der Waals surface area contributed by atoms with Crippen LogP contribution >= 0.6 is 11.3 Å². The maximum absolute atomic E-state index is 12.5. The maximum Gasteiger partial charge on any atom is 0.306 e. The van der Waals surface area contributed by atoms with E-state index >= 15 is 0 Å². The summed E-state index contributed by atoms with van der Waals surface area (Å²) < 4.78 is 10.4. The van der Waals surface area contributed by atoms with Crippen LogP contribution in [0.2, 0.25) is 0 Å². The molecule has 1 aromatic heterocycles. The fourth-order valence-electron chi connectivity index (χ4n) is 3.18. The number of nitrogens with zero attached hydrogens (tertiary/aromatic N) is 1. The van der Waals surface area contributed by atoms with Gasteiger partial charge in [0.05, 0.1) is 7.11 Å². The Kier molecular flexibility index (Phi) is 7.24. The zero-order chi connectivity index (χ0) is 20.6. The molecule has 8 heteroatoms. The number of ether oxygens (including phenoxy) is 2. The summed E-state index contributed by atoms with van der Waals surface area (Å²) in [6, 6.07) is 7.37. The van der Waals surface area contributed by atoms with Crippen LogP contribution in [0.15, 0.2) is 35.0 Å². The van der Waals surface area contributed by atoms with Crippen LogP contribution in [-0.4, -0.2) is 44.6 Å². The van der Waals surface area contributed by atoms with Crippen LogP contribution in [0.5, 0.6) is 5.75 Å². The smallest absolute Gasteiger partial charge is 0.306 e. The average molecular weight is 416 g/mol. The van der Waals surface area contributed by atoms with Crippen molar-refractivity contribution >= 4 is 34.8 Å². The lowest BCUT2D eigenvalue weighted by atomic mass is 10.0. The highest BCUT2D eigenvalue weighted by atomic mass is 32.1. The Bertz CT molecular complexity index is 866. The van der Waals surface area contributed by atoms with E-state index in [1.165, 1.54) is 11.3 Å². The predicted molar refractivity (Wildman–Crippen MR) is 111 cm³/mol. The first kappa shape index (κ1) is 20.9. The molecule has 0 spiro atoms. The summed E-state index contributed by atoms with van der Waals surface area (Å²) in [5.41, 5.74) is 2.51. The number of nitrogens with one attached hydrogen (secondary N) is 1. The van der Waals surface area contributed by atoms with Crippen LogP contribution in [0.25, 0.3) is 0 Å². The van der Waals surface area contributed by atoms with Crippen molar-refractivity contribution in [3.8, 4) is 5.75 Å². The van der Waals surface area contributed by atoms with Crippen molar-refractivity contribution in [3.05, 3.63) is 46.2 Å². The molecule has 1 aliphatic rings. The van der Waals surface area contributed by atoms with Gasteiger partial charge in [0.1, 0.15) is 5.75 Å². The molecular formula is C21H24N2O5S. The summed E-state index contributed by atoms with van der Waals surface area (Å²) in [5.74, 6) is -0.0870. The molecule has 0 aliphatic carbocycles. The molecule has 0 unspecified atom stereocenters. The molecule has 1 aromatic carbocycles. The number of hydrogen-bond acceptors (Lipinski definition) is 6. The van der Waals surface area contributed by atoms with Crippen molar-refractivity contribution in [1.29, 1.82) is 0 Å². The Morgan fingerprint density at radius 1 is 1.24 bits per heavy atom. The van der Waals surface area contributed by atoms with Gasteiger partial charge in [0.15, 0.2) is 6.61 Å². The van der Waals surface area contributed by atoms with Crippen LogP contribution in [0, 0.1) is 0 Å². The zero-order valence-corrected chi connectivity index (χ0v) is 17.1. The van der Waals surface area contributed by atoms with Crippen molar-refractivity contribution < 1.29 is 23.9 Å². The molecule has 0 bridgehead atoms. The third-order valence-electron chi connectivity index (χ3n) is 4.69. The number of thiophene rings is 1. The second-order valence-electron chi connectivity index (χ2n) is 6.68. The van der Waals surface area contributed by atoms with E-state index in [1.54, 1.807) is 23.5 Å². The molecule has 0 saturated heterocycles. The zero-order valence-electron chi connectivity index (χ0n) is 16.3. The number of amides is 2. The van der Waals surface area contributed by atoms with E-state index in [9.17, 15) is 14.4 Å². The van der Waals surface area contributed by atoms with E-state index in [-0.39, 0.29) is 24.8 Å². The van der Waals surface area contributed by atoms with Crippen LogP contribution in [0.1, 0.15) is 35.2 Å². The van der Waals surface area contributed by atoms with E-state index in [1.807, 2.05) is 23.6 Å². The van der Waals surface area contributed by atoms with E-state index in [4.69, 9.17) is 9.47 Å². The van der Waals surface area contributed by atoms with Crippen molar-refractivity contribution in [2.45, 2.75) is 25.7 Å². The number of methoxy groups -OCH3 is 1. The minimum absolute atomic E-state index is 0.144. The van der Waals surface area contributed by atoms with Crippen molar-refractivity contribution in [2.24, 2.45) is 0 Å².